The zero-order chi connectivity index (χ0) is 10.2. The monoisotopic (exact) mass is 193 g/mol. The molecule has 1 atom stereocenters. The van der Waals surface area contributed by atoms with Gasteiger partial charge < -0.3 is 4.90 Å². The van der Waals surface area contributed by atoms with E-state index >= 15 is 0 Å². The van der Waals surface area contributed by atoms with Crippen molar-refractivity contribution in [1.29, 1.82) is 0 Å². The molecule has 0 radical (unpaired) electrons. The molecule has 0 aromatic carbocycles. The molecule has 1 saturated heterocycles. The van der Waals surface area contributed by atoms with Gasteiger partial charge in [0.05, 0.1) is 0 Å². The molecule has 1 spiro atoms. The largest absolute Gasteiger partial charge is 0.306 e. The molecule has 0 bridgehead atoms. The number of rotatable bonds is 0. The number of hydrogen-bond acceptors (Lipinski definition) is 1. The number of hydrogen-bond donors (Lipinski definition) is 0. The summed E-state index contributed by atoms with van der Waals surface area (Å²) >= 11 is 0. The molecule has 0 N–H and O–H groups in total. The van der Waals surface area contributed by atoms with Gasteiger partial charge in [0.25, 0.3) is 0 Å². The Bertz CT molecular complexity index is 254. The van der Waals surface area contributed by atoms with Crippen LogP contribution in [0, 0.1) is 5.41 Å². The van der Waals surface area contributed by atoms with Crippen molar-refractivity contribution in [2.75, 3.05) is 20.1 Å². The third-order valence-electron chi connectivity index (χ3n) is 4.25. The van der Waals surface area contributed by atoms with Gasteiger partial charge in [-0.15, -0.1) is 0 Å². The second-order valence-electron chi connectivity index (χ2n) is 5.58. The summed E-state index contributed by atoms with van der Waals surface area (Å²) in [6, 6.07) is 0. The van der Waals surface area contributed by atoms with E-state index in [0.717, 1.165) is 0 Å². The summed E-state index contributed by atoms with van der Waals surface area (Å²) in [6.07, 6.45) is 7.01. The average Bonchev–Trinajstić information content (AvgIpc) is 2.12. The first-order chi connectivity index (χ1) is 6.61. The van der Waals surface area contributed by atoms with Gasteiger partial charge in [0, 0.05) is 6.54 Å². The number of nitrogens with zero attached hydrogens (tertiary/aromatic N) is 1. The van der Waals surface area contributed by atoms with Crippen LogP contribution in [0.2, 0.25) is 0 Å². The quantitative estimate of drug-likeness (QED) is 0.534. The normalized spacial score (nSPS) is 35.4. The standard InChI is InChI=1S/C13H23N/c1-11-5-7-13(9-12(11)2)6-4-8-14(3)10-13/h4-10H2,1-3H3. The highest BCUT2D eigenvalue weighted by Crippen LogP contribution is 2.44. The van der Waals surface area contributed by atoms with Crippen molar-refractivity contribution in [2.24, 2.45) is 5.41 Å². The lowest BCUT2D eigenvalue weighted by molar-refractivity contribution is 0.0932. The Kier molecular flexibility index (Phi) is 2.70. The van der Waals surface area contributed by atoms with Crippen LogP contribution in [0.1, 0.15) is 46.0 Å². The van der Waals surface area contributed by atoms with Crippen molar-refractivity contribution in [3.05, 3.63) is 11.1 Å². The minimum absolute atomic E-state index is 0.649. The molecule has 0 saturated carbocycles. The van der Waals surface area contributed by atoms with Gasteiger partial charge in [0.1, 0.15) is 0 Å². The van der Waals surface area contributed by atoms with Crippen LogP contribution in [-0.2, 0) is 0 Å². The van der Waals surface area contributed by atoms with Crippen LogP contribution < -0.4 is 0 Å². The summed E-state index contributed by atoms with van der Waals surface area (Å²) in [5, 5.41) is 0. The van der Waals surface area contributed by atoms with Gasteiger partial charge in [0.15, 0.2) is 0 Å². The summed E-state index contributed by atoms with van der Waals surface area (Å²) in [5.74, 6) is 0. The predicted octanol–water partition coefficient (Wildman–Crippen LogP) is 3.22. The lowest BCUT2D eigenvalue weighted by Gasteiger charge is -2.44. The molecule has 1 unspecified atom stereocenters. The van der Waals surface area contributed by atoms with Gasteiger partial charge in [-0.2, -0.15) is 0 Å². The van der Waals surface area contributed by atoms with Gasteiger partial charge in [-0.25, -0.2) is 0 Å². The first-order valence-corrected chi connectivity index (χ1v) is 5.95. The van der Waals surface area contributed by atoms with Crippen molar-refractivity contribution >= 4 is 0 Å². The van der Waals surface area contributed by atoms with E-state index in [9.17, 15) is 0 Å². The lowest BCUT2D eigenvalue weighted by atomic mass is 9.68. The summed E-state index contributed by atoms with van der Waals surface area (Å²) in [4.78, 5) is 2.53. The van der Waals surface area contributed by atoms with Gasteiger partial charge in [-0.05, 0) is 65.0 Å². The van der Waals surface area contributed by atoms with Gasteiger partial charge in [-0.1, -0.05) is 11.1 Å². The summed E-state index contributed by atoms with van der Waals surface area (Å²) in [5.41, 5.74) is 3.98. The van der Waals surface area contributed by atoms with Crippen molar-refractivity contribution in [2.45, 2.75) is 46.0 Å². The molecule has 1 heterocycles. The van der Waals surface area contributed by atoms with Crippen molar-refractivity contribution < 1.29 is 0 Å². The molecule has 2 rings (SSSR count). The molecule has 1 fully saturated rings. The smallest absolute Gasteiger partial charge is 0.00381 e. The molecule has 2 aliphatic rings. The maximum absolute atomic E-state index is 2.53. The Morgan fingerprint density at radius 2 is 1.93 bits per heavy atom. The molecule has 1 aliphatic heterocycles. The molecule has 1 aliphatic carbocycles. The first kappa shape index (κ1) is 10.2. The Morgan fingerprint density at radius 3 is 2.57 bits per heavy atom. The number of allylic oxidation sites excluding steroid dienone is 2. The lowest BCUT2D eigenvalue weighted by Crippen LogP contribution is -2.42. The van der Waals surface area contributed by atoms with E-state index in [0.29, 0.717) is 5.41 Å². The first-order valence-electron chi connectivity index (χ1n) is 5.95. The summed E-state index contributed by atoms with van der Waals surface area (Å²) < 4.78 is 0. The highest BCUT2D eigenvalue weighted by Gasteiger charge is 2.36. The van der Waals surface area contributed by atoms with Crippen LogP contribution >= 0.6 is 0 Å². The fourth-order valence-electron chi connectivity index (χ4n) is 3.27. The van der Waals surface area contributed by atoms with Crippen LogP contribution in [-0.4, -0.2) is 25.0 Å². The minimum Gasteiger partial charge on any atom is -0.306 e. The Labute approximate surface area is 88.2 Å². The third kappa shape index (κ3) is 1.88. The minimum atomic E-state index is 0.649. The Morgan fingerprint density at radius 1 is 1.14 bits per heavy atom. The van der Waals surface area contributed by atoms with Gasteiger partial charge in [-0.3, -0.25) is 0 Å². The molecular weight excluding hydrogens is 170 g/mol. The maximum atomic E-state index is 2.53. The van der Waals surface area contributed by atoms with Crippen LogP contribution in [0.25, 0.3) is 0 Å². The fourth-order valence-corrected chi connectivity index (χ4v) is 3.27. The van der Waals surface area contributed by atoms with E-state index in [-0.39, 0.29) is 0 Å². The third-order valence-corrected chi connectivity index (χ3v) is 4.25. The van der Waals surface area contributed by atoms with Crippen molar-refractivity contribution in [1.82, 2.24) is 4.90 Å². The van der Waals surface area contributed by atoms with Gasteiger partial charge in [0.2, 0.25) is 0 Å². The second-order valence-corrected chi connectivity index (χ2v) is 5.58. The van der Waals surface area contributed by atoms with Gasteiger partial charge >= 0.3 is 0 Å². The highest BCUT2D eigenvalue weighted by molar-refractivity contribution is 5.17. The highest BCUT2D eigenvalue weighted by atomic mass is 15.1. The molecule has 0 amide bonds. The topological polar surface area (TPSA) is 3.24 Å². The predicted molar refractivity (Wildman–Crippen MR) is 61.4 cm³/mol. The summed E-state index contributed by atoms with van der Waals surface area (Å²) in [6.45, 7) is 7.29. The second kappa shape index (κ2) is 3.69. The Balaban J connectivity index is 2.11. The van der Waals surface area contributed by atoms with E-state index in [2.05, 4.69) is 25.8 Å². The van der Waals surface area contributed by atoms with Crippen LogP contribution in [0.4, 0.5) is 0 Å². The van der Waals surface area contributed by atoms with E-state index < -0.39 is 0 Å². The molecule has 1 nitrogen and oxygen atoms in total. The van der Waals surface area contributed by atoms with Crippen molar-refractivity contribution in [3.8, 4) is 0 Å². The zero-order valence-electron chi connectivity index (χ0n) is 9.90. The SMILES string of the molecule is CC1=C(C)CC2(CCCN(C)C2)CC1. The summed E-state index contributed by atoms with van der Waals surface area (Å²) in [7, 11) is 2.28. The van der Waals surface area contributed by atoms with E-state index in [1.807, 2.05) is 0 Å². The van der Waals surface area contributed by atoms with Crippen LogP contribution in [0.3, 0.4) is 0 Å². The van der Waals surface area contributed by atoms with Crippen LogP contribution in [0.5, 0.6) is 0 Å². The maximum Gasteiger partial charge on any atom is 0.00381 e. The van der Waals surface area contributed by atoms with E-state index in [1.54, 1.807) is 11.1 Å². The average molecular weight is 193 g/mol. The Hall–Kier alpha value is -0.300. The fraction of sp³-hybridized carbons (Fsp3) is 0.846. The number of likely N-dealkylation sites (tertiary alicyclic amines) is 1. The number of piperidine rings is 1. The molecule has 14 heavy (non-hydrogen) atoms. The molecule has 0 aromatic rings. The van der Waals surface area contributed by atoms with Crippen LogP contribution in [0.15, 0.2) is 11.1 Å². The molecule has 0 aromatic heterocycles. The van der Waals surface area contributed by atoms with Crippen molar-refractivity contribution in [3.63, 3.8) is 0 Å². The molecular formula is C13H23N. The molecule has 80 valence electrons. The zero-order valence-corrected chi connectivity index (χ0v) is 9.90. The van der Waals surface area contributed by atoms with E-state index in [1.165, 1.54) is 45.2 Å². The molecule has 1 heteroatoms. The van der Waals surface area contributed by atoms with E-state index in [4.69, 9.17) is 0 Å².